The second kappa shape index (κ2) is 9.89. The number of rotatable bonds is 7. The lowest BCUT2D eigenvalue weighted by Gasteiger charge is -2.24. The van der Waals surface area contributed by atoms with E-state index in [0.29, 0.717) is 40.7 Å². The van der Waals surface area contributed by atoms with Gasteiger partial charge in [0, 0.05) is 23.5 Å². The first-order valence-corrected chi connectivity index (χ1v) is 12.1. The number of pyridine rings is 1. The molecule has 5 rings (SSSR count). The van der Waals surface area contributed by atoms with E-state index in [9.17, 15) is 13.2 Å². The summed E-state index contributed by atoms with van der Waals surface area (Å²) in [6, 6.07) is 8.88. The monoisotopic (exact) mass is 525 g/mol. The van der Waals surface area contributed by atoms with E-state index in [0.717, 1.165) is 29.1 Å². The van der Waals surface area contributed by atoms with Crippen LogP contribution in [-0.4, -0.2) is 31.4 Å². The number of aromatic nitrogens is 5. The summed E-state index contributed by atoms with van der Waals surface area (Å²) in [6.45, 7) is 3.85. The van der Waals surface area contributed by atoms with Crippen LogP contribution in [0.2, 0.25) is 5.02 Å². The van der Waals surface area contributed by atoms with E-state index in [-0.39, 0.29) is 5.56 Å². The molecule has 6 nitrogen and oxygen atoms in total. The smallest absolute Gasteiger partial charge is 0.194 e. The molecule has 37 heavy (non-hydrogen) atoms. The molecule has 1 aromatic heterocycles. The number of nitrogens with zero attached hydrogens (tertiary/aromatic N) is 5. The number of hydrogen-bond donors (Lipinski definition) is 0. The molecule has 10 heteroatoms. The van der Waals surface area contributed by atoms with Gasteiger partial charge in [0.15, 0.2) is 23.3 Å². The first kappa shape index (κ1) is 24.8. The first-order valence-electron chi connectivity index (χ1n) is 11.7. The van der Waals surface area contributed by atoms with Crippen LogP contribution in [0, 0.1) is 24.4 Å². The SMILES string of the molecule is CCCC(c1cc(F)c(F)c(F)c1)n1cc(Cl)cc2c(-c3ccc(-n4cnc(C)c4)c(OC)c3)nnc1-2. The maximum absolute atomic E-state index is 14.1. The van der Waals surface area contributed by atoms with Gasteiger partial charge in [-0.3, -0.25) is 0 Å². The Morgan fingerprint density at radius 1 is 1.03 bits per heavy atom. The Bertz CT molecular complexity index is 1540. The van der Waals surface area contributed by atoms with E-state index in [1.165, 1.54) is 0 Å². The van der Waals surface area contributed by atoms with Crippen molar-refractivity contribution in [1.29, 1.82) is 0 Å². The quantitative estimate of drug-likeness (QED) is 0.214. The zero-order valence-electron chi connectivity index (χ0n) is 20.3. The van der Waals surface area contributed by atoms with Crippen LogP contribution in [0.1, 0.15) is 37.1 Å². The third-order valence-electron chi connectivity index (χ3n) is 6.26. The highest BCUT2D eigenvalue weighted by atomic mass is 35.5. The van der Waals surface area contributed by atoms with Gasteiger partial charge in [0.05, 0.1) is 35.9 Å². The van der Waals surface area contributed by atoms with Crippen molar-refractivity contribution in [3.63, 3.8) is 0 Å². The van der Waals surface area contributed by atoms with Gasteiger partial charge in [-0.2, -0.15) is 0 Å². The molecule has 0 radical (unpaired) electrons. The lowest BCUT2D eigenvalue weighted by Crippen LogP contribution is -2.15. The first-order chi connectivity index (χ1) is 17.8. The van der Waals surface area contributed by atoms with E-state index in [1.54, 1.807) is 30.3 Å². The van der Waals surface area contributed by atoms with Crippen molar-refractivity contribution in [1.82, 2.24) is 24.3 Å². The molecule has 0 N–H and O–H groups in total. The van der Waals surface area contributed by atoms with E-state index in [1.807, 2.05) is 42.8 Å². The predicted molar refractivity (Wildman–Crippen MR) is 135 cm³/mol. The minimum absolute atomic E-state index is 0.276. The van der Waals surface area contributed by atoms with Gasteiger partial charge in [-0.05, 0) is 49.2 Å². The molecule has 3 aromatic rings. The van der Waals surface area contributed by atoms with Gasteiger partial charge in [-0.15, -0.1) is 10.2 Å². The van der Waals surface area contributed by atoms with E-state index >= 15 is 0 Å². The van der Waals surface area contributed by atoms with Gasteiger partial charge < -0.3 is 13.9 Å². The average Bonchev–Trinajstić information content (AvgIpc) is 3.51. The number of benzene rings is 2. The minimum atomic E-state index is -1.50. The Morgan fingerprint density at radius 2 is 1.78 bits per heavy atom. The molecule has 0 spiro atoms. The van der Waals surface area contributed by atoms with Crippen molar-refractivity contribution in [2.45, 2.75) is 32.7 Å². The summed E-state index contributed by atoms with van der Waals surface area (Å²) in [5.74, 6) is -2.90. The van der Waals surface area contributed by atoms with Crippen LogP contribution in [0.4, 0.5) is 13.2 Å². The van der Waals surface area contributed by atoms with Gasteiger partial charge in [0.1, 0.15) is 11.4 Å². The number of imidazole rings is 1. The van der Waals surface area contributed by atoms with Crippen LogP contribution in [0.25, 0.3) is 28.3 Å². The minimum Gasteiger partial charge on any atom is -0.495 e. The highest BCUT2D eigenvalue weighted by molar-refractivity contribution is 6.30. The van der Waals surface area contributed by atoms with Crippen LogP contribution in [-0.2, 0) is 0 Å². The summed E-state index contributed by atoms with van der Waals surface area (Å²) >= 11 is 6.51. The second-order valence-corrected chi connectivity index (χ2v) is 9.20. The van der Waals surface area contributed by atoms with Crippen molar-refractivity contribution in [3.8, 4) is 34.1 Å². The molecule has 0 saturated heterocycles. The van der Waals surface area contributed by atoms with E-state index in [2.05, 4.69) is 15.2 Å². The van der Waals surface area contributed by atoms with Crippen LogP contribution < -0.4 is 4.74 Å². The number of methoxy groups -OCH3 is 1. The van der Waals surface area contributed by atoms with Crippen molar-refractivity contribution < 1.29 is 17.9 Å². The Hall–Kier alpha value is -3.85. The molecule has 3 heterocycles. The largest absolute Gasteiger partial charge is 0.495 e. The number of halogens is 4. The van der Waals surface area contributed by atoms with Crippen molar-refractivity contribution >= 4 is 11.6 Å². The molecule has 2 aromatic carbocycles. The molecule has 1 atom stereocenters. The van der Waals surface area contributed by atoms with E-state index < -0.39 is 23.5 Å². The van der Waals surface area contributed by atoms with Gasteiger partial charge in [-0.25, -0.2) is 18.2 Å². The maximum atomic E-state index is 14.1. The number of aryl methyl sites for hydroxylation is 1. The standard InChI is InChI=1S/C27H23ClF3N5O/c1-4-5-22(17-8-20(29)25(31)21(30)9-17)36-13-18(28)11-19-26(33-34-27(19)36)16-6-7-23(24(10-16)37-3)35-12-15(2)32-14-35/h6-14,22H,4-5H2,1-3H3. The molecule has 2 aliphatic rings. The summed E-state index contributed by atoms with van der Waals surface area (Å²) in [6.07, 6.45) is 6.46. The molecule has 190 valence electrons. The summed E-state index contributed by atoms with van der Waals surface area (Å²) in [5.41, 5.74) is 3.94. The second-order valence-electron chi connectivity index (χ2n) is 8.76. The Kier molecular flexibility index (Phi) is 6.64. The molecular weight excluding hydrogens is 503 g/mol. The fourth-order valence-electron chi connectivity index (χ4n) is 4.55. The molecule has 0 bridgehead atoms. The molecule has 0 amide bonds. The van der Waals surface area contributed by atoms with Crippen molar-refractivity contribution in [3.05, 3.63) is 88.9 Å². The third kappa shape index (κ3) is 4.55. The maximum Gasteiger partial charge on any atom is 0.194 e. The highest BCUT2D eigenvalue weighted by Gasteiger charge is 2.26. The predicted octanol–water partition coefficient (Wildman–Crippen LogP) is 7.01. The number of ether oxygens (including phenoxy) is 1. The number of hydrogen-bond acceptors (Lipinski definition) is 4. The van der Waals surface area contributed by atoms with Crippen LogP contribution in [0.5, 0.6) is 5.75 Å². The fourth-order valence-corrected chi connectivity index (χ4v) is 4.77. The van der Waals surface area contributed by atoms with Crippen LogP contribution in [0.3, 0.4) is 0 Å². The average molecular weight is 526 g/mol. The third-order valence-corrected chi connectivity index (χ3v) is 6.47. The van der Waals surface area contributed by atoms with Crippen molar-refractivity contribution in [2.75, 3.05) is 7.11 Å². The summed E-state index contributed by atoms with van der Waals surface area (Å²) < 4.78 is 51.1. The van der Waals surface area contributed by atoms with Gasteiger partial charge >= 0.3 is 0 Å². The highest BCUT2D eigenvalue weighted by Crippen LogP contribution is 2.39. The van der Waals surface area contributed by atoms with Crippen LogP contribution >= 0.6 is 11.6 Å². The summed E-state index contributed by atoms with van der Waals surface area (Å²) in [4.78, 5) is 4.27. The Morgan fingerprint density at radius 3 is 2.43 bits per heavy atom. The summed E-state index contributed by atoms with van der Waals surface area (Å²) in [7, 11) is 1.59. The molecule has 0 saturated carbocycles. The molecule has 0 fully saturated rings. The number of fused-ring (bicyclic) bond motifs is 1. The van der Waals surface area contributed by atoms with Gasteiger partial charge in [0.25, 0.3) is 0 Å². The lowest BCUT2D eigenvalue weighted by molar-refractivity contribution is 0.413. The summed E-state index contributed by atoms with van der Waals surface area (Å²) in [5, 5.41) is 9.22. The van der Waals surface area contributed by atoms with Crippen LogP contribution in [0.15, 0.2) is 55.1 Å². The Balaban J connectivity index is 1.60. The van der Waals surface area contributed by atoms with Gasteiger partial charge in [0.2, 0.25) is 0 Å². The zero-order chi connectivity index (χ0) is 26.3. The fraction of sp³-hybridized carbons (Fsp3) is 0.222. The normalized spacial score (nSPS) is 12.3. The molecule has 0 aliphatic carbocycles. The lowest BCUT2D eigenvalue weighted by atomic mass is 9.99. The molecule has 1 unspecified atom stereocenters. The van der Waals surface area contributed by atoms with Crippen molar-refractivity contribution in [2.24, 2.45) is 0 Å². The van der Waals surface area contributed by atoms with E-state index in [4.69, 9.17) is 16.3 Å². The van der Waals surface area contributed by atoms with Gasteiger partial charge in [-0.1, -0.05) is 31.0 Å². The topological polar surface area (TPSA) is 57.8 Å². The Labute approximate surface area is 216 Å². The molecule has 2 aliphatic heterocycles. The molecular formula is C27H23ClF3N5O. The zero-order valence-corrected chi connectivity index (χ0v) is 21.1.